The summed E-state index contributed by atoms with van der Waals surface area (Å²) in [5, 5.41) is 0. The Bertz CT molecular complexity index is 458. The van der Waals surface area contributed by atoms with Gasteiger partial charge in [0.05, 0.1) is 20.3 Å². The molecule has 118 valence electrons. The number of carbonyl (C=O) groups is 2. The Morgan fingerprint density at radius 1 is 1.38 bits per heavy atom. The van der Waals surface area contributed by atoms with Crippen LogP contribution in [0.4, 0.5) is 0 Å². The van der Waals surface area contributed by atoms with Gasteiger partial charge in [-0.15, -0.1) is 0 Å². The van der Waals surface area contributed by atoms with Crippen LogP contribution in [-0.4, -0.2) is 49.1 Å². The predicted molar refractivity (Wildman–Crippen MR) is 74.7 cm³/mol. The minimum absolute atomic E-state index is 0.0201. The minimum Gasteiger partial charge on any atom is -0.464 e. The normalized spacial score (nSPS) is 10.4. The van der Waals surface area contributed by atoms with Gasteiger partial charge in [-0.3, -0.25) is 4.79 Å². The Morgan fingerprint density at radius 2 is 2.14 bits per heavy atom. The summed E-state index contributed by atoms with van der Waals surface area (Å²) < 4.78 is 14.8. The fourth-order valence-electron chi connectivity index (χ4n) is 1.72. The average molecular weight is 298 g/mol. The van der Waals surface area contributed by atoms with Gasteiger partial charge in [-0.05, 0) is 6.42 Å². The van der Waals surface area contributed by atoms with Crippen LogP contribution < -0.4 is 0 Å². The number of unbranched alkanes of at least 4 members (excludes halogenated alkanes) is 1. The lowest BCUT2D eigenvalue weighted by molar-refractivity contribution is -0.132. The van der Waals surface area contributed by atoms with Gasteiger partial charge >= 0.3 is 5.97 Å². The van der Waals surface area contributed by atoms with Crippen molar-refractivity contribution in [2.24, 2.45) is 0 Å². The van der Waals surface area contributed by atoms with Crippen molar-refractivity contribution in [2.45, 2.75) is 32.7 Å². The van der Waals surface area contributed by atoms with E-state index in [1.54, 1.807) is 12.0 Å². The second kappa shape index (κ2) is 9.12. The third-order valence-corrected chi connectivity index (χ3v) is 2.93. The van der Waals surface area contributed by atoms with Crippen LogP contribution in [0.1, 0.15) is 42.6 Å². The summed E-state index contributed by atoms with van der Waals surface area (Å²) in [7, 11) is 2.85. The van der Waals surface area contributed by atoms with Crippen molar-refractivity contribution in [2.75, 3.05) is 27.4 Å². The highest BCUT2D eigenvalue weighted by Crippen LogP contribution is 2.09. The third kappa shape index (κ3) is 5.55. The summed E-state index contributed by atoms with van der Waals surface area (Å²) in [6.45, 7) is 3.13. The van der Waals surface area contributed by atoms with Crippen LogP contribution in [-0.2, 0) is 20.8 Å². The van der Waals surface area contributed by atoms with Gasteiger partial charge in [0.15, 0.2) is 5.69 Å². The van der Waals surface area contributed by atoms with Crippen molar-refractivity contribution in [3.8, 4) is 0 Å². The van der Waals surface area contributed by atoms with Gasteiger partial charge in [0.2, 0.25) is 11.8 Å². The maximum atomic E-state index is 12.1. The van der Waals surface area contributed by atoms with Crippen molar-refractivity contribution < 1.29 is 23.5 Å². The SMILES string of the molecule is CCCCC(=O)N(CCOC)Cc1nc(C(=O)OC)co1. The highest BCUT2D eigenvalue weighted by molar-refractivity contribution is 5.86. The summed E-state index contributed by atoms with van der Waals surface area (Å²) in [5.41, 5.74) is 0.0974. The first-order chi connectivity index (χ1) is 10.1. The standard InChI is InChI=1S/C14H22N2O5/c1-4-5-6-13(17)16(7-8-19-2)9-12-15-11(10-21-12)14(18)20-3/h10H,4-9H2,1-3H3. The molecule has 0 saturated heterocycles. The van der Waals surface area contributed by atoms with Gasteiger partial charge in [0.25, 0.3) is 0 Å². The zero-order valence-corrected chi connectivity index (χ0v) is 12.8. The van der Waals surface area contributed by atoms with E-state index in [-0.39, 0.29) is 18.1 Å². The average Bonchev–Trinajstić information content (AvgIpc) is 2.96. The summed E-state index contributed by atoms with van der Waals surface area (Å²) in [6, 6.07) is 0. The number of esters is 1. The number of ether oxygens (including phenoxy) is 2. The molecule has 7 nitrogen and oxygen atoms in total. The zero-order chi connectivity index (χ0) is 15.7. The molecule has 21 heavy (non-hydrogen) atoms. The van der Waals surface area contributed by atoms with Crippen LogP contribution in [0.15, 0.2) is 10.7 Å². The molecular formula is C14H22N2O5. The molecule has 1 aromatic rings. The van der Waals surface area contributed by atoms with E-state index in [0.717, 1.165) is 12.8 Å². The Kier molecular flexibility index (Phi) is 7.45. The molecule has 7 heteroatoms. The molecule has 0 spiro atoms. The fraction of sp³-hybridized carbons (Fsp3) is 0.643. The Hall–Kier alpha value is -1.89. The lowest BCUT2D eigenvalue weighted by atomic mass is 10.2. The molecule has 0 fully saturated rings. The molecule has 0 aromatic carbocycles. The van der Waals surface area contributed by atoms with Crippen molar-refractivity contribution in [1.29, 1.82) is 0 Å². The van der Waals surface area contributed by atoms with Crippen LogP contribution in [0.5, 0.6) is 0 Å². The number of methoxy groups -OCH3 is 2. The lowest BCUT2D eigenvalue weighted by Crippen LogP contribution is -2.33. The van der Waals surface area contributed by atoms with E-state index in [0.29, 0.717) is 25.5 Å². The number of hydrogen-bond acceptors (Lipinski definition) is 6. The lowest BCUT2D eigenvalue weighted by Gasteiger charge is -2.20. The van der Waals surface area contributed by atoms with E-state index in [1.807, 2.05) is 6.92 Å². The first-order valence-electron chi connectivity index (χ1n) is 6.91. The third-order valence-electron chi connectivity index (χ3n) is 2.93. The maximum absolute atomic E-state index is 12.1. The number of aromatic nitrogens is 1. The zero-order valence-electron chi connectivity index (χ0n) is 12.8. The number of oxazole rings is 1. The molecule has 0 N–H and O–H groups in total. The molecule has 0 radical (unpaired) electrons. The quantitative estimate of drug-likeness (QED) is 0.644. The molecule has 0 atom stereocenters. The van der Waals surface area contributed by atoms with Crippen molar-refractivity contribution in [3.63, 3.8) is 0 Å². The largest absolute Gasteiger partial charge is 0.464 e. The second-order valence-corrected chi connectivity index (χ2v) is 4.53. The molecule has 1 aromatic heterocycles. The molecule has 0 bridgehead atoms. The number of nitrogens with zero attached hydrogens (tertiary/aromatic N) is 2. The molecule has 0 aliphatic carbocycles. The van der Waals surface area contributed by atoms with Gasteiger partial charge in [-0.2, -0.15) is 0 Å². The number of hydrogen-bond donors (Lipinski definition) is 0. The summed E-state index contributed by atoms with van der Waals surface area (Å²) in [6.07, 6.45) is 3.49. The van der Waals surface area contributed by atoms with E-state index >= 15 is 0 Å². The predicted octanol–water partition coefficient (Wildman–Crippen LogP) is 1.63. The molecule has 0 aliphatic heterocycles. The highest BCUT2D eigenvalue weighted by atomic mass is 16.5. The topological polar surface area (TPSA) is 81.9 Å². The van der Waals surface area contributed by atoms with Crippen LogP contribution in [0.2, 0.25) is 0 Å². The summed E-state index contributed by atoms with van der Waals surface area (Å²) >= 11 is 0. The number of amides is 1. The molecule has 1 rings (SSSR count). The molecular weight excluding hydrogens is 276 g/mol. The van der Waals surface area contributed by atoms with Gasteiger partial charge in [-0.25, -0.2) is 9.78 Å². The molecule has 1 heterocycles. The fourth-order valence-corrected chi connectivity index (χ4v) is 1.72. The van der Waals surface area contributed by atoms with E-state index < -0.39 is 5.97 Å². The van der Waals surface area contributed by atoms with Crippen molar-refractivity contribution in [3.05, 3.63) is 17.8 Å². The van der Waals surface area contributed by atoms with Crippen molar-refractivity contribution in [1.82, 2.24) is 9.88 Å². The van der Waals surface area contributed by atoms with Crippen LogP contribution in [0.25, 0.3) is 0 Å². The number of carbonyl (C=O) groups excluding carboxylic acids is 2. The van der Waals surface area contributed by atoms with Gasteiger partial charge in [0.1, 0.15) is 6.26 Å². The molecule has 0 unspecified atom stereocenters. The summed E-state index contributed by atoms with van der Waals surface area (Å²) in [5.74, 6) is -0.242. The van der Waals surface area contributed by atoms with Crippen LogP contribution in [0.3, 0.4) is 0 Å². The molecule has 1 amide bonds. The van der Waals surface area contributed by atoms with Crippen LogP contribution >= 0.6 is 0 Å². The van der Waals surface area contributed by atoms with Crippen molar-refractivity contribution >= 4 is 11.9 Å². The maximum Gasteiger partial charge on any atom is 0.360 e. The van der Waals surface area contributed by atoms with Gasteiger partial charge < -0.3 is 18.8 Å². The second-order valence-electron chi connectivity index (χ2n) is 4.53. The molecule has 0 saturated carbocycles. The smallest absolute Gasteiger partial charge is 0.360 e. The van der Waals surface area contributed by atoms with Gasteiger partial charge in [-0.1, -0.05) is 13.3 Å². The Labute approximate surface area is 124 Å². The Balaban J connectivity index is 2.68. The van der Waals surface area contributed by atoms with E-state index in [2.05, 4.69) is 9.72 Å². The minimum atomic E-state index is -0.564. The first-order valence-corrected chi connectivity index (χ1v) is 6.91. The van der Waals surface area contributed by atoms with Gasteiger partial charge in [0, 0.05) is 20.1 Å². The first kappa shape index (κ1) is 17.2. The van der Waals surface area contributed by atoms with E-state index in [1.165, 1.54) is 13.4 Å². The van der Waals surface area contributed by atoms with E-state index in [9.17, 15) is 9.59 Å². The van der Waals surface area contributed by atoms with E-state index in [4.69, 9.17) is 9.15 Å². The Morgan fingerprint density at radius 3 is 2.76 bits per heavy atom. The van der Waals surface area contributed by atoms with Crippen LogP contribution in [0, 0.1) is 0 Å². The molecule has 0 aliphatic rings. The summed E-state index contributed by atoms with van der Waals surface area (Å²) in [4.78, 5) is 29.1. The number of rotatable bonds is 9. The monoisotopic (exact) mass is 298 g/mol. The highest BCUT2D eigenvalue weighted by Gasteiger charge is 2.18.